The molecule has 0 saturated carbocycles. The maximum atomic E-state index is 11.8. The number of nitrogens with two attached hydrogens (primary N) is 1. The molecule has 0 spiro atoms. The van der Waals surface area contributed by atoms with Crippen molar-refractivity contribution in [3.8, 4) is 0 Å². The molecule has 0 fully saturated rings. The fraction of sp³-hybridized carbons (Fsp3) is 0.250. The quantitative estimate of drug-likeness (QED) is 0.807. The second-order valence-electron chi connectivity index (χ2n) is 3.78. The number of aliphatic carboxylic acids is 1. The zero-order chi connectivity index (χ0) is 13.6. The fourth-order valence-corrected chi connectivity index (χ4v) is 2.38. The van der Waals surface area contributed by atoms with Crippen LogP contribution in [0.1, 0.15) is 12.8 Å². The van der Waals surface area contributed by atoms with Crippen LogP contribution in [0.25, 0.3) is 0 Å². The lowest BCUT2D eigenvalue weighted by Gasteiger charge is -2.04. The molecule has 3 N–H and O–H groups in total. The molecule has 1 aromatic rings. The van der Waals surface area contributed by atoms with Gasteiger partial charge in [-0.15, -0.1) is 0 Å². The van der Waals surface area contributed by atoms with Crippen LogP contribution in [0.15, 0.2) is 46.7 Å². The minimum absolute atomic E-state index is 0.0864. The van der Waals surface area contributed by atoms with Gasteiger partial charge in [0.25, 0.3) is 0 Å². The fourth-order valence-electron chi connectivity index (χ4n) is 1.28. The van der Waals surface area contributed by atoms with E-state index >= 15 is 0 Å². The first-order valence-electron chi connectivity index (χ1n) is 5.37. The van der Waals surface area contributed by atoms with Gasteiger partial charge >= 0.3 is 5.97 Å². The van der Waals surface area contributed by atoms with Crippen molar-refractivity contribution in [2.75, 3.05) is 0 Å². The predicted octanol–water partition coefficient (Wildman–Crippen LogP) is 1.17. The summed E-state index contributed by atoms with van der Waals surface area (Å²) in [6.45, 7) is 0. The third kappa shape index (κ3) is 4.68. The Labute approximate surface area is 106 Å². The molecular weight excluding hydrogens is 254 g/mol. The molecule has 0 heterocycles. The van der Waals surface area contributed by atoms with E-state index in [1.807, 2.05) is 0 Å². The molecule has 0 saturated heterocycles. The van der Waals surface area contributed by atoms with E-state index in [-0.39, 0.29) is 17.7 Å². The van der Waals surface area contributed by atoms with E-state index in [0.717, 1.165) is 5.41 Å². The molecule has 6 heteroatoms. The van der Waals surface area contributed by atoms with Crippen LogP contribution in [0.2, 0.25) is 0 Å². The van der Waals surface area contributed by atoms with Gasteiger partial charge in [-0.05, 0) is 18.6 Å². The standard InChI is InChI=1S/C12H15NO4S/c13-10(6-7-12(14)15)8-9-18(16,17)11-4-2-1-3-5-11/h1-5,8-10H,6-7,13H2,(H,14,15)/b9-8+. The number of hydrogen-bond acceptors (Lipinski definition) is 4. The summed E-state index contributed by atoms with van der Waals surface area (Å²) in [6, 6.07) is 7.38. The molecule has 0 bridgehead atoms. The third-order valence-corrected chi connectivity index (χ3v) is 3.71. The third-order valence-electron chi connectivity index (χ3n) is 2.27. The van der Waals surface area contributed by atoms with E-state index in [1.54, 1.807) is 18.2 Å². The van der Waals surface area contributed by atoms with Gasteiger partial charge in [-0.25, -0.2) is 8.42 Å². The summed E-state index contributed by atoms with van der Waals surface area (Å²) in [7, 11) is -3.50. The zero-order valence-electron chi connectivity index (χ0n) is 9.69. The lowest BCUT2D eigenvalue weighted by atomic mass is 10.2. The van der Waals surface area contributed by atoms with Crippen LogP contribution in [-0.4, -0.2) is 25.5 Å². The smallest absolute Gasteiger partial charge is 0.303 e. The van der Waals surface area contributed by atoms with E-state index < -0.39 is 21.8 Å². The van der Waals surface area contributed by atoms with Crippen LogP contribution >= 0.6 is 0 Å². The maximum absolute atomic E-state index is 11.8. The molecule has 5 nitrogen and oxygen atoms in total. The molecular formula is C12H15NO4S. The highest BCUT2D eigenvalue weighted by Gasteiger charge is 2.10. The zero-order valence-corrected chi connectivity index (χ0v) is 10.5. The van der Waals surface area contributed by atoms with E-state index in [1.165, 1.54) is 18.2 Å². The Bertz CT molecular complexity index is 522. The van der Waals surface area contributed by atoms with Crippen molar-refractivity contribution in [3.05, 3.63) is 41.8 Å². The molecule has 1 aromatic carbocycles. The summed E-state index contributed by atoms with van der Waals surface area (Å²) >= 11 is 0. The Morgan fingerprint density at radius 1 is 1.33 bits per heavy atom. The first kappa shape index (κ1) is 14.4. The molecule has 0 amide bonds. The normalized spacial score (nSPS) is 13.6. The van der Waals surface area contributed by atoms with Crippen LogP contribution in [0.3, 0.4) is 0 Å². The van der Waals surface area contributed by atoms with Crippen molar-refractivity contribution in [2.45, 2.75) is 23.8 Å². The molecule has 0 radical (unpaired) electrons. The largest absolute Gasteiger partial charge is 0.481 e. The average molecular weight is 269 g/mol. The van der Waals surface area contributed by atoms with Crippen LogP contribution in [-0.2, 0) is 14.6 Å². The molecule has 0 aliphatic rings. The van der Waals surface area contributed by atoms with Gasteiger partial charge < -0.3 is 10.8 Å². The predicted molar refractivity (Wildman–Crippen MR) is 67.6 cm³/mol. The van der Waals surface area contributed by atoms with E-state index in [0.29, 0.717) is 0 Å². The number of benzene rings is 1. The van der Waals surface area contributed by atoms with Crippen molar-refractivity contribution in [3.63, 3.8) is 0 Å². The van der Waals surface area contributed by atoms with Crippen LogP contribution in [0, 0.1) is 0 Å². The van der Waals surface area contributed by atoms with Gasteiger partial charge in [0.15, 0.2) is 9.84 Å². The Hall–Kier alpha value is -1.66. The summed E-state index contributed by atoms with van der Waals surface area (Å²) in [5.74, 6) is -0.954. The minimum atomic E-state index is -3.50. The van der Waals surface area contributed by atoms with Gasteiger partial charge in [-0.1, -0.05) is 24.3 Å². The van der Waals surface area contributed by atoms with Gasteiger partial charge in [-0.2, -0.15) is 0 Å². The number of rotatable bonds is 6. The molecule has 18 heavy (non-hydrogen) atoms. The molecule has 1 rings (SSSR count). The average Bonchev–Trinajstić information content (AvgIpc) is 2.35. The highest BCUT2D eigenvalue weighted by atomic mass is 32.2. The summed E-state index contributed by atoms with van der Waals surface area (Å²) in [5, 5.41) is 9.49. The van der Waals surface area contributed by atoms with Crippen molar-refractivity contribution >= 4 is 15.8 Å². The minimum Gasteiger partial charge on any atom is -0.481 e. The first-order valence-corrected chi connectivity index (χ1v) is 6.92. The summed E-state index contributed by atoms with van der Waals surface area (Å²) in [4.78, 5) is 10.5. The molecule has 0 aliphatic heterocycles. The Morgan fingerprint density at radius 2 is 1.94 bits per heavy atom. The number of carboxylic acids is 1. The SMILES string of the molecule is NC(/C=C/S(=O)(=O)c1ccccc1)CCC(=O)O. The molecule has 0 aliphatic carbocycles. The van der Waals surface area contributed by atoms with Crippen LogP contribution in [0.5, 0.6) is 0 Å². The molecule has 98 valence electrons. The topological polar surface area (TPSA) is 97.5 Å². The Morgan fingerprint density at radius 3 is 2.50 bits per heavy atom. The Kier molecular flexibility index (Phi) is 5.06. The highest BCUT2D eigenvalue weighted by Crippen LogP contribution is 2.11. The van der Waals surface area contributed by atoms with Gasteiger partial charge in [0.2, 0.25) is 0 Å². The van der Waals surface area contributed by atoms with Crippen LogP contribution in [0.4, 0.5) is 0 Å². The first-order chi connectivity index (χ1) is 8.42. The second kappa shape index (κ2) is 6.32. The van der Waals surface area contributed by atoms with Crippen molar-refractivity contribution in [1.29, 1.82) is 0 Å². The maximum Gasteiger partial charge on any atom is 0.303 e. The van der Waals surface area contributed by atoms with Crippen molar-refractivity contribution < 1.29 is 18.3 Å². The lowest BCUT2D eigenvalue weighted by Crippen LogP contribution is -2.18. The van der Waals surface area contributed by atoms with Gasteiger partial charge in [0.05, 0.1) is 4.90 Å². The molecule has 1 atom stereocenters. The molecule has 0 aromatic heterocycles. The number of carbonyl (C=O) groups is 1. The van der Waals surface area contributed by atoms with Gasteiger partial charge in [-0.3, -0.25) is 4.79 Å². The van der Waals surface area contributed by atoms with Crippen LogP contribution < -0.4 is 5.73 Å². The number of sulfone groups is 1. The highest BCUT2D eigenvalue weighted by molar-refractivity contribution is 7.94. The van der Waals surface area contributed by atoms with Crippen molar-refractivity contribution in [2.24, 2.45) is 5.73 Å². The van der Waals surface area contributed by atoms with E-state index in [9.17, 15) is 13.2 Å². The van der Waals surface area contributed by atoms with Gasteiger partial charge in [0, 0.05) is 17.9 Å². The monoisotopic (exact) mass is 269 g/mol. The summed E-state index contributed by atoms with van der Waals surface area (Å²) in [5.41, 5.74) is 5.59. The van der Waals surface area contributed by atoms with Gasteiger partial charge in [0.1, 0.15) is 0 Å². The summed E-state index contributed by atoms with van der Waals surface area (Å²) in [6.07, 6.45) is 1.43. The number of hydrogen-bond donors (Lipinski definition) is 2. The van der Waals surface area contributed by atoms with Crippen molar-refractivity contribution in [1.82, 2.24) is 0 Å². The van der Waals surface area contributed by atoms with E-state index in [2.05, 4.69) is 0 Å². The number of carboxylic acid groups (broad SMARTS) is 1. The summed E-state index contributed by atoms with van der Waals surface area (Å²) < 4.78 is 23.6. The van der Waals surface area contributed by atoms with E-state index in [4.69, 9.17) is 10.8 Å². The second-order valence-corrected chi connectivity index (χ2v) is 5.62. The lowest BCUT2D eigenvalue weighted by molar-refractivity contribution is -0.137. The Balaban J connectivity index is 2.69. The molecule has 1 unspecified atom stereocenters.